The Morgan fingerprint density at radius 3 is 2.58 bits per heavy atom. The summed E-state index contributed by atoms with van der Waals surface area (Å²) in [7, 11) is 3.25. The van der Waals surface area contributed by atoms with Crippen LogP contribution in [-0.2, 0) is 6.54 Å². The number of nitrogens with zero attached hydrogens (tertiary/aromatic N) is 2. The second-order valence-corrected chi connectivity index (χ2v) is 5.64. The Balaban J connectivity index is 2.10. The fourth-order valence-electron chi connectivity index (χ4n) is 2.44. The van der Waals surface area contributed by atoms with E-state index in [0.717, 1.165) is 11.3 Å². The molecule has 0 aliphatic heterocycles. The van der Waals surface area contributed by atoms with Crippen LogP contribution >= 0.6 is 0 Å². The van der Waals surface area contributed by atoms with E-state index in [2.05, 4.69) is 11.9 Å². The average molecular weight is 355 g/mol. The highest BCUT2D eigenvalue weighted by Gasteiger charge is 2.19. The molecule has 0 aromatic heterocycles. The summed E-state index contributed by atoms with van der Waals surface area (Å²) in [6, 6.07) is 11.8. The molecule has 2 rings (SSSR count). The summed E-state index contributed by atoms with van der Waals surface area (Å²) in [6.07, 6.45) is 1.67. The zero-order chi connectivity index (χ0) is 19.1. The van der Waals surface area contributed by atoms with Crippen LogP contribution in [0.2, 0.25) is 0 Å². The van der Waals surface area contributed by atoms with Crippen LogP contribution in [0.4, 0.5) is 11.4 Å². The lowest BCUT2D eigenvalue weighted by Crippen LogP contribution is -2.26. The largest absolute Gasteiger partial charge is 0.490 e. The lowest BCUT2D eigenvalue weighted by molar-refractivity contribution is -0.384. The third kappa shape index (κ3) is 4.60. The van der Waals surface area contributed by atoms with Crippen molar-refractivity contribution in [3.63, 3.8) is 0 Å². The standard InChI is InChI=1S/C19H21N3O4/c1-4-11-26-16-8-5-14(6-9-16)13-21(3)19(23)15-7-10-17(20-2)18(12-15)22(24)25/h4-10,12,20H,1,11,13H2,2-3H3. The smallest absolute Gasteiger partial charge is 0.293 e. The number of nitro groups is 1. The molecule has 1 amide bonds. The molecule has 0 spiro atoms. The third-order valence-electron chi connectivity index (χ3n) is 3.77. The van der Waals surface area contributed by atoms with Crippen LogP contribution in [0.25, 0.3) is 0 Å². The maximum Gasteiger partial charge on any atom is 0.293 e. The molecule has 0 saturated heterocycles. The van der Waals surface area contributed by atoms with Gasteiger partial charge in [0.15, 0.2) is 0 Å². The molecule has 0 radical (unpaired) electrons. The first-order chi connectivity index (χ1) is 12.5. The summed E-state index contributed by atoms with van der Waals surface area (Å²) < 4.78 is 5.42. The van der Waals surface area contributed by atoms with E-state index in [-0.39, 0.29) is 17.2 Å². The Morgan fingerprint density at radius 2 is 2.00 bits per heavy atom. The number of hydrogen-bond acceptors (Lipinski definition) is 5. The number of amides is 1. The molecule has 0 saturated carbocycles. The molecule has 0 fully saturated rings. The van der Waals surface area contributed by atoms with Gasteiger partial charge in [-0.25, -0.2) is 0 Å². The molecule has 2 aromatic carbocycles. The summed E-state index contributed by atoms with van der Waals surface area (Å²) in [6.45, 7) is 4.40. The topological polar surface area (TPSA) is 84.7 Å². The van der Waals surface area contributed by atoms with Gasteiger partial charge in [0.1, 0.15) is 18.0 Å². The fourth-order valence-corrected chi connectivity index (χ4v) is 2.44. The molecule has 26 heavy (non-hydrogen) atoms. The molecule has 7 heteroatoms. The number of anilines is 1. The Labute approximate surface area is 152 Å². The second-order valence-electron chi connectivity index (χ2n) is 5.64. The molecule has 0 heterocycles. The van der Waals surface area contributed by atoms with Crippen molar-refractivity contribution in [3.05, 3.63) is 76.4 Å². The van der Waals surface area contributed by atoms with Gasteiger partial charge in [-0.2, -0.15) is 0 Å². The van der Waals surface area contributed by atoms with Crippen molar-refractivity contribution in [1.29, 1.82) is 0 Å². The first-order valence-corrected chi connectivity index (χ1v) is 8.00. The predicted octanol–water partition coefficient (Wildman–Crippen LogP) is 3.47. The summed E-state index contributed by atoms with van der Waals surface area (Å²) in [4.78, 5) is 24.7. The number of carbonyl (C=O) groups excluding carboxylic acids is 1. The van der Waals surface area contributed by atoms with Gasteiger partial charge in [0.2, 0.25) is 0 Å². The third-order valence-corrected chi connectivity index (χ3v) is 3.77. The molecule has 136 valence electrons. The zero-order valence-corrected chi connectivity index (χ0v) is 14.8. The SMILES string of the molecule is C=CCOc1ccc(CN(C)C(=O)c2ccc(NC)c([N+](=O)[O-])c2)cc1. The molecule has 1 N–H and O–H groups in total. The van der Waals surface area contributed by atoms with Gasteiger partial charge in [0, 0.05) is 32.3 Å². The van der Waals surface area contributed by atoms with Crippen LogP contribution in [0.15, 0.2) is 55.1 Å². The lowest BCUT2D eigenvalue weighted by atomic mass is 10.1. The highest BCUT2D eigenvalue weighted by atomic mass is 16.6. The van der Waals surface area contributed by atoms with E-state index in [1.807, 2.05) is 24.3 Å². The summed E-state index contributed by atoms with van der Waals surface area (Å²) >= 11 is 0. The number of ether oxygens (including phenoxy) is 1. The highest BCUT2D eigenvalue weighted by molar-refractivity contribution is 5.95. The molecule has 7 nitrogen and oxygen atoms in total. The van der Waals surface area contributed by atoms with Crippen LogP contribution in [0, 0.1) is 10.1 Å². The van der Waals surface area contributed by atoms with Gasteiger partial charge in [-0.3, -0.25) is 14.9 Å². The van der Waals surface area contributed by atoms with E-state index < -0.39 is 4.92 Å². The van der Waals surface area contributed by atoms with Gasteiger partial charge in [-0.1, -0.05) is 24.8 Å². The van der Waals surface area contributed by atoms with E-state index in [9.17, 15) is 14.9 Å². The Bertz CT molecular complexity index is 803. The number of nitro benzene ring substituents is 1. The Hall–Kier alpha value is -3.35. The Morgan fingerprint density at radius 1 is 1.31 bits per heavy atom. The van der Waals surface area contributed by atoms with Gasteiger partial charge in [0.05, 0.1) is 4.92 Å². The van der Waals surface area contributed by atoms with Crippen molar-refractivity contribution >= 4 is 17.3 Å². The average Bonchev–Trinajstić information content (AvgIpc) is 2.66. The number of hydrogen-bond donors (Lipinski definition) is 1. The van der Waals surface area contributed by atoms with Crippen molar-refractivity contribution in [2.24, 2.45) is 0 Å². The molecule has 0 aliphatic rings. The van der Waals surface area contributed by atoms with Crippen LogP contribution in [0.1, 0.15) is 15.9 Å². The maximum absolute atomic E-state index is 12.6. The number of carbonyl (C=O) groups is 1. The monoisotopic (exact) mass is 355 g/mol. The van der Waals surface area contributed by atoms with Gasteiger partial charge in [-0.15, -0.1) is 0 Å². The van der Waals surface area contributed by atoms with E-state index in [0.29, 0.717) is 18.8 Å². The maximum atomic E-state index is 12.6. The fraction of sp³-hybridized carbons (Fsp3) is 0.211. The van der Waals surface area contributed by atoms with E-state index in [4.69, 9.17) is 4.74 Å². The molecular weight excluding hydrogens is 334 g/mol. The van der Waals surface area contributed by atoms with E-state index >= 15 is 0 Å². The summed E-state index contributed by atoms with van der Waals surface area (Å²) in [5, 5.41) is 13.9. The van der Waals surface area contributed by atoms with Gasteiger partial charge < -0.3 is 15.0 Å². The predicted molar refractivity (Wildman–Crippen MR) is 101 cm³/mol. The minimum Gasteiger partial charge on any atom is -0.490 e. The lowest BCUT2D eigenvalue weighted by Gasteiger charge is -2.18. The van der Waals surface area contributed by atoms with Crippen molar-refractivity contribution in [2.45, 2.75) is 6.54 Å². The molecular formula is C19H21N3O4. The first-order valence-electron chi connectivity index (χ1n) is 8.00. The van der Waals surface area contributed by atoms with Crippen molar-refractivity contribution in [3.8, 4) is 5.75 Å². The highest BCUT2D eigenvalue weighted by Crippen LogP contribution is 2.25. The van der Waals surface area contributed by atoms with Crippen LogP contribution in [0.5, 0.6) is 5.75 Å². The number of rotatable bonds is 8. The molecule has 0 atom stereocenters. The zero-order valence-electron chi connectivity index (χ0n) is 14.8. The van der Waals surface area contributed by atoms with Crippen molar-refractivity contribution in [1.82, 2.24) is 4.90 Å². The minimum absolute atomic E-state index is 0.129. The molecule has 0 aliphatic carbocycles. The first kappa shape index (κ1) is 19.0. The van der Waals surface area contributed by atoms with Crippen LogP contribution in [0.3, 0.4) is 0 Å². The Kier molecular flexibility index (Phi) is 6.32. The van der Waals surface area contributed by atoms with Gasteiger partial charge in [-0.05, 0) is 29.8 Å². The van der Waals surface area contributed by atoms with Gasteiger partial charge >= 0.3 is 0 Å². The summed E-state index contributed by atoms with van der Waals surface area (Å²) in [5.41, 5.74) is 1.43. The number of nitrogens with one attached hydrogen (secondary N) is 1. The molecule has 2 aromatic rings. The van der Waals surface area contributed by atoms with Crippen molar-refractivity contribution in [2.75, 3.05) is 26.0 Å². The second kappa shape index (κ2) is 8.66. The van der Waals surface area contributed by atoms with Crippen molar-refractivity contribution < 1.29 is 14.5 Å². The minimum atomic E-state index is -0.509. The molecule has 0 bridgehead atoms. The summed E-state index contributed by atoms with van der Waals surface area (Å²) in [5.74, 6) is 0.434. The van der Waals surface area contributed by atoms with E-state index in [1.165, 1.54) is 17.0 Å². The van der Waals surface area contributed by atoms with Crippen LogP contribution in [-0.4, -0.2) is 36.4 Å². The normalized spacial score (nSPS) is 10.1. The van der Waals surface area contributed by atoms with E-state index in [1.54, 1.807) is 26.2 Å². The van der Waals surface area contributed by atoms with Gasteiger partial charge in [0.25, 0.3) is 11.6 Å². The number of benzene rings is 2. The quantitative estimate of drug-likeness (QED) is 0.445. The molecule has 0 unspecified atom stereocenters. The van der Waals surface area contributed by atoms with Crippen LogP contribution < -0.4 is 10.1 Å².